The predicted octanol–water partition coefficient (Wildman–Crippen LogP) is 3.05. The zero-order valence-electron chi connectivity index (χ0n) is 8.49. The zero-order valence-corrected chi connectivity index (χ0v) is 9.30. The van der Waals surface area contributed by atoms with E-state index in [1.807, 2.05) is 6.92 Å². The molecular weight excluding hydrogens is 206 g/mol. The van der Waals surface area contributed by atoms with Crippen LogP contribution in [0.15, 0.2) is 23.6 Å². The minimum atomic E-state index is 0.815. The lowest BCUT2D eigenvalue weighted by molar-refractivity contribution is 0.357. The summed E-state index contributed by atoms with van der Waals surface area (Å²) in [5.74, 6) is 1.03. The van der Waals surface area contributed by atoms with E-state index in [9.17, 15) is 0 Å². The molecule has 2 nitrogen and oxygen atoms in total. The molecule has 1 aliphatic rings. The van der Waals surface area contributed by atoms with E-state index in [2.05, 4.69) is 28.6 Å². The van der Waals surface area contributed by atoms with Crippen molar-refractivity contribution in [3.8, 4) is 16.3 Å². The SMILES string of the molecule is Cc1csc(-c2ccc3c(c2)OCC3)n1. The Kier molecular flexibility index (Phi) is 1.99. The van der Waals surface area contributed by atoms with Crippen molar-refractivity contribution < 1.29 is 4.74 Å². The number of thiazole rings is 1. The number of hydrogen-bond donors (Lipinski definition) is 0. The van der Waals surface area contributed by atoms with Gasteiger partial charge in [-0.2, -0.15) is 0 Å². The van der Waals surface area contributed by atoms with Crippen molar-refractivity contribution in [3.63, 3.8) is 0 Å². The minimum Gasteiger partial charge on any atom is -0.493 e. The van der Waals surface area contributed by atoms with Crippen LogP contribution in [0.1, 0.15) is 11.3 Å². The van der Waals surface area contributed by atoms with Crippen LogP contribution in [0.2, 0.25) is 0 Å². The van der Waals surface area contributed by atoms with Crippen LogP contribution in [0.25, 0.3) is 10.6 Å². The van der Waals surface area contributed by atoms with Gasteiger partial charge in [0.25, 0.3) is 0 Å². The third kappa shape index (κ3) is 1.53. The average Bonchev–Trinajstić information content (AvgIpc) is 2.84. The second-order valence-electron chi connectivity index (χ2n) is 3.72. The fourth-order valence-electron chi connectivity index (χ4n) is 1.79. The highest BCUT2D eigenvalue weighted by Crippen LogP contribution is 2.32. The number of aryl methyl sites for hydroxylation is 1. The van der Waals surface area contributed by atoms with Crippen LogP contribution in [0, 0.1) is 6.92 Å². The molecule has 0 atom stereocenters. The minimum absolute atomic E-state index is 0.815. The van der Waals surface area contributed by atoms with Crippen molar-refractivity contribution in [2.45, 2.75) is 13.3 Å². The molecule has 1 aliphatic heterocycles. The van der Waals surface area contributed by atoms with Crippen molar-refractivity contribution in [3.05, 3.63) is 34.8 Å². The molecule has 2 heterocycles. The topological polar surface area (TPSA) is 22.1 Å². The third-order valence-corrected chi connectivity index (χ3v) is 3.57. The molecule has 76 valence electrons. The number of nitrogens with zero attached hydrogens (tertiary/aromatic N) is 1. The lowest BCUT2D eigenvalue weighted by Crippen LogP contribution is -1.86. The summed E-state index contributed by atoms with van der Waals surface area (Å²) in [5.41, 5.74) is 3.55. The van der Waals surface area contributed by atoms with Gasteiger partial charge in [-0.1, -0.05) is 12.1 Å². The largest absolute Gasteiger partial charge is 0.493 e. The second kappa shape index (κ2) is 3.35. The molecule has 0 saturated heterocycles. The van der Waals surface area contributed by atoms with E-state index in [1.54, 1.807) is 11.3 Å². The first kappa shape index (κ1) is 8.92. The van der Waals surface area contributed by atoms with Crippen molar-refractivity contribution in [1.82, 2.24) is 4.98 Å². The van der Waals surface area contributed by atoms with Crippen LogP contribution in [0.5, 0.6) is 5.75 Å². The van der Waals surface area contributed by atoms with Crippen LogP contribution in [-0.4, -0.2) is 11.6 Å². The first-order valence-corrected chi connectivity index (χ1v) is 5.89. The van der Waals surface area contributed by atoms with Crippen molar-refractivity contribution in [1.29, 1.82) is 0 Å². The Labute approximate surface area is 92.6 Å². The van der Waals surface area contributed by atoms with Crippen LogP contribution in [0.4, 0.5) is 0 Å². The molecule has 0 bridgehead atoms. The molecular formula is C12H11NOS. The lowest BCUT2D eigenvalue weighted by Gasteiger charge is -2.01. The molecule has 0 amide bonds. The molecule has 2 aromatic rings. The Bertz CT molecular complexity index is 504. The molecule has 3 rings (SSSR count). The Morgan fingerprint density at radius 2 is 2.33 bits per heavy atom. The maximum absolute atomic E-state index is 5.54. The van der Waals surface area contributed by atoms with Gasteiger partial charge in [0, 0.05) is 23.1 Å². The number of fused-ring (bicyclic) bond motifs is 1. The normalized spacial score (nSPS) is 13.7. The highest BCUT2D eigenvalue weighted by molar-refractivity contribution is 7.13. The summed E-state index contributed by atoms with van der Waals surface area (Å²) < 4.78 is 5.54. The quantitative estimate of drug-likeness (QED) is 0.732. The number of aromatic nitrogens is 1. The molecule has 3 heteroatoms. The monoisotopic (exact) mass is 217 g/mol. The summed E-state index contributed by atoms with van der Waals surface area (Å²) in [5, 5.41) is 3.15. The molecule has 0 saturated carbocycles. The number of rotatable bonds is 1. The molecule has 0 spiro atoms. The van der Waals surface area contributed by atoms with Crippen LogP contribution in [-0.2, 0) is 6.42 Å². The Morgan fingerprint density at radius 1 is 1.40 bits per heavy atom. The molecule has 0 unspecified atom stereocenters. The maximum Gasteiger partial charge on any atom is 0.123 e. The molecule has 15 heavy (non-hydrogen) atoms. The van der Waals surface area contributed by atoms with Gasteiger partial charge < -0.3 is 4.74 Å². The first-order chi connectivity index (χ1) is 7.33. The van der Waals surface area contributed by atoms with Gasteiger partial charge in [-0.3, -0.25) is 0 Å². The van der Waals surface area contributed by atoms with E-state index >= 15 is 0 Å². The van der Waals surface area contributed by atoms with Crippen molar-refractivity contribution in [2.75, 3.05) is 6.61 Å². The highest BCUT2D eigenvalue weighted by Gasteiger charge is 2.13. The highest BCUT2D eigenvalue weighted by atomic mass is 32.1. The first-order valence-electron chi connectivity index (χ1n) is 5.01. The predicted molar refractivity (Wildman–Crippen MR) is 61.5 cm³/mol. The Hall–Kier alpha value is -1.35. The molecule has 0 N–H and O–H groups in total. The van der Waals surface area contributed by atoms with E-state index < -0.39 is 0 Å². The molecule has 0 fully saturated rings. The van der Waals surface area contributed by atoms with E-state index in [0.29, 0.717) is 0 Å². The van der Waals surface area contributed by atoms with Crippen molar-refractivity contribution in [2.24, 2.45) is 0 Å². The van der Waals surface area contributed by atoms with Crippen molar-refractivity contribution >= 4 is 11.3 Å². The number of ether oxygens (including phenoxy) is 1. The molecule has 1 aromatic heterocycles. The summed E-state index contributed by atoms with van der Waals surface area (Å²) >= 11 is 1.68. The lowest BCUT2D eigenvalue weighted by atomic mass is 10.1. The number of hydrogen-bond acceptors (Lipinski definition) is 3. The number of benzene rings is 1. The van der Waals surface area contributed by atoms with E-state index in [0.717, 1.165) is 35.0 Å². The standard InChI is InChI=1S/C12H11NOS/c1-8-7-15-12(13-8)10-3-2-9-4-5-14-11(9)6-10/h2-3,6-7H,4-5H2,1H3. The van der Waals surface area contributed by atoms with Gasteiger partial charge in [0.2, 0.25) is 0 Å². The fraction of sp³-hybridized carbons (Fsp3) is 0.250. The second-order valence-corrected chi connectivity index (χ2v) is 4.57. The Morgan fingerprint density at radius 3 is 3.13 bits per heavy atom. The Balaban J connectivity index is 2.06. The summed E-state index contributed by atoms with van der Waals surface area (Å²) in [4.78, 5) is 4.47. The average molecular weight is 217 g/mol. The summed E-state index contributed by atoms with van der Waals surface area (Å²) in [6.07, 6.45) is 1.03. The van der Waals surface area contributed by atoms with Crippen LogP contribution < -0.4 is 4.74 Å². The van der Waals surface area contributed by atoms with Gasteiger partial charge in [0.1, 0.15) is 10.8 Å². The summed E-state index contributed by atoms with van der Waals surface area (Å²) in [7, 11) is 0. The van der Waals surface area contributed by atoms with Gasteiger partial charge >= 0.3 is 0 Å². The van der Waals surface area contributed by atoms with Gasteiger partial charge in [-0.15, -0.1) is 11.3 Å². The van der Waals surface area contributed by atoms with Crippen LogP contribution >= 0.6 is 11.3 Å². The van der Waals surface area contributed by atoms with Gasteiger partial charge in [-0.25, -0.2) is 4.98 Å². The van der Waals surface area contributed by atoms with E-state index in [1.165, 1.54) is 5.56 Å². The van der Waals surface area contributed by atoms with Crippen LogP contribution in [0.3, 0.4) is 0 Å². The fourth-order valence-corrected chi connectivity index (χ4v) is 2.58. The van der Waals surface area contributed by atoms with E-state index in [-0.39, 0.29) is 0 Å². The summed E-state index contributed by atoms with van der Waals surface area (Å²) in [6, 6.07) is 6.38. The van der Waals surface area contributed by atoms with Gasteiger partial charge in [0.15, 0.2) is 0 Å². The molecule has 1 aromatic carbocycles. The smallest absolute Gasteiger partial charge is 0.123 e. The van der Waals surface area contributed by atoms with Gasteiger partial charge in [0.05, 0.1) is 6.61 Å². The third-order valence-electron chi connectivity index (χ3n) is 2.56. The zero-order chi connectivity index (χ0) is 10.3. The van der Waals surface area contributed by atoms with E-state index in [4.69, 9.17) is 4.74 Å². The summed E-state index contributed by atoms with van der Waals surface area (Å²) in [6.45, 7) is 2.83. The van der Waals surface area contributed by atoms with Gasteiger partial charge in [-0.05, 0) is 18.6 Å². The molecule has 0 radical (unpaired) electrons. The maximum atomic E-state index is 5.54. The molecule has 0 aliphatic carbocycles.